The summed E-state index contributed by atoms with van der Waals surface area (Å²) in [6.45, 7) is 5.45. The molecule has 0 amide bonds. The standard InChI is InChI=1S/C8H13N3O/c1-6-3-7(9)11(10-6)8(2)4-12-5-8/h3H,4-5,9H2,1-2H3. The van der Waals surface area contributed by atoms with Gasteiger partial charge in [-0.15, -0.1) is 0 Å². The van der Waals surface area contributed by atoms with E-state index in [4.69, 9.17) is 10.5 Å². The van der Waals surface area contributed by atoms with Crippen molar-refractivity contribution in [1.82, 2.24) is 9.78 Å². The van der Waals surface area contributed by atoms with Crippen molar-refractivity contribution in [3.63, 3.8) is 0 Å². The molecular formula is C8H13N3O. The number of nitrogens with zero attached hydrogens (tertiary/aromatic N) is 2. The molecule has 0 unspecified atom stereocenters. The van der Waals surface area contributed by atoms with Gasteiger partial charge in [-0.2, -0.15) is 5.10 Å². The first-order valence-corrected chi connectivity index (χ1v) is 4.02. The highest BCUT2D eigenvalue weighted by Gasteiger charge is 2.37. The van der Waals surface area contributed by atoms with Crippen molar-refractivity contribution in [3.05, 3.63) is 11.8 Å². The lowest BCUT2D eigenvalue weighted by molar-refractivity contribution is -0.0946. The van der Waals surface area contributed by atoms with Crippen LogP contribution in [0.5, 0.6) is 0 Å². The minimum absolute atomic E-state index is 0.0155. The van der Waals surface area contributed by atoms with Crippen LogP contribution in [0.15, 0.2) is 6.07 Å². The van der Waals surface area contributed by atoms with Crippen LogP contribution in [0.25, 0.3) is 0 Å². The second-order valence-electron chi connectivity index (χ2n) is 3.61. The van der Waals surface area contributed by atoms with Gasteiger partial charge in [-0.05, 0) is 13.8 Å². The van der Waals surface area contributed by atoms with E-state index in [9.17, 15) is 0 Å². The van der Waals surface area contributed by atoms with Gasteiger partial charge < -0.3 is 10.5 Å². The van der Waals surface area contributed by atoms with Gasteiger partial charge in [0.15, 0.2) is 0 Å². The predicted molar refractivity (Wildman–Crippen MR) is 45.8 cm³/mol. The molecule has 1 aromatic rings. The molecule has 2 rings (SSSR count). The van der Waals surface area contributed by atoms with Gasteiger partial charge in [0.1, 0.15) is 11.4 Å². The Kier molecular flexibility index (Phi) is 1.41. The highest BCUT2D eigenvalue weighted by molar-refractivity contribution is 5.32. The number of ether oxygens (including phenoxy) is 1. The molecule has 12 heavy (non-hydrogen) atoms. The second kappa shape index (κ2) is 2.23. The van der Waals surface area contributed by atoms with Gasteiger partial charge in [0.05, 0.1) is 18.9 Å². The molecule has 1 aliphatic rings. The zero-order chi connectivity index (χ0) is 8.77. The number of rotatable bonds is 1. The molecule has 0 bridgehead atoms. The van der Waals surface area contributed by atoms with E-state index in [1.165, 1.54) is 0 Å². The molecule has 0 radical (unpaired) electrons. The summed E-state index contributed by atoms with van der Waals surface area (Å²) in [6, 6.07) is 1.88. The van der Waals surface area contributed by atoms with E-state index in [-0.39, 0.29) is 5.54 Å². The summed E-state index contributed by atoms with van der Waals surface area (Å²) in [5, 5.41) is 4.32. The Labute approximate surface area is 71.3 Å². The average Bonchev–Trinajstić information content (AvgIpc) is 2.25. The van der Waals surface area contributed by atoms with E-state index < -0.39 is 0 Å². The zero-order valence-electron chi connectivity index (χ0n) is 7.37. The third kappa shape index (κ3) is 0.914. The average molecular weight is 167 g/mol. The fraction of sp³-hybridized carbons (Fsp3) is 0.625. The number of nitrogens with two attached hydrogens (primary N) is 1. The van der Waals surface area contributed by atoms with Crippen molar-refractivity contribution in [2.45, 2.75) is 19.4 Å². The molecule has 1 fully saturated rings. The van der Waals surface area contributed by atoms with Gasteiger partial charge in [0, 0.05) is 6.07 Å². The lowest BCUT2D eigenvalue weighted by Crippen LogP contribution is -2.50. The largest absolute Gasteiger partial charge is 0.384 e. The maximum atomic E-state index is 5.78. The fourth-order valence-corrected chi connectivity index (χ4v) is 1.47. The van der Waals surface area contributed by atoms with Crippen LogP contribution in [-0.2, 0) is 10.3 Å². The Bertz CT molecular complexity index is 301. The number of nitrogen functional groups attached to an aromatic ring is 1. The van der Waals surface area contributed by atoms with E-state index in [1.807, 2.05) is 17.7 Å². The van der Waals surface area contributed by atoms with E-state index >= 15 is 0 Å². The molecule has 0 spiro atoms. The molecule has 2 heterocycles. The van der Waals surface area contributed by atoms with Crippen LogP contribution in [0.2, 0.25) is 0 Å². The van der Waals surface area contributed by atoms with Crippen LogP contribution < -0.4 is 5.73 Å². The molecule has 4 heteroatoms. The Balaban J connectivity index is 2.38. The molecule has 66 valence electrons. The third-order valence-electron chi connectivity index (χ3n) is 2.20. The SMILES string of the molecule is Cc1cc(N)n(C2(C)COC2)n1. The van der Waals surface area contributed by atoms with E-state index in [0.29, 0.717) is 13.2 Å². The van der Waals surface area contributed by atoms with Crippen molar-refractivity contribution in [2.24, 2.45) is 0 Å². The first kappa shape index (κ1) is 7.61. The number of hydrogen-bond donors (Lipinski definition) is 1. The van der Waals surface area contributed by atoms with Gasteiger partial charge in [0.2, 0.25) is 0 Å². The maximum Gasteiger partial charge on any atom is 0.122 e. The zero-order valence-corrected chi connectivity index (χ0v) is 7.37. The van der Waals surface area contributed by atoms with Crippen LogP contribution in [0.1, 0.15) is 12.6 Å². The molecule has 2 N–H and O–H groups in total. The van der Waals surface area contributed by atoms with Crippen LogP contribution in [0.4, 0.5) is 5.82 Å². The van der Waals surface area contributed by atoms with Gasteiger partial charge in [0.25, 0.3) is 0 Å². The van der Waals surface area contributed by atoms with Gasteiger partial charge in [-0.3, -0.25) is 0 Å². The minimum atomic E-state index is -0.0155. The van der Waals surface area contributed by atoms with E-state index in [1.54, 1.807) is 0 Å². The quantitative estimate of drug-likeness (QED) is 0.663. The van der Waals surface area contributed by atoms with Crippen LogP contribution in [-0.4, -0.2) is 23.0 Å². The normalized spacial score (nSPS) is 20.5. The Morgan fingerprint density at radius 3 is 2.67 bits per heavy atom. The van der Waals surface area contributed by atoms with Crippen LogP contribution in [0, 0.1) is 6.92 Å². The molecule has 1 aliphatic heterocycles. The van der Waals surface area contributed by atoms with Gasteiger partial charge in [-0.1, -0.05) is 0 Å². The number of hydrogen-bond acceptors (Lipinski definition) is 3. The summed E-state index contributed by atoms with van der Waals surface area (Å²) in [7, 11) is 0. The van der Waals surface area contributed by atoms with Gasteiger partial charge >= 0.3 is 0 Å². The van der Waals surface area contributed by atoms with Crippen LogP contribution >= 0.6 is 0 Å². The number of aryl methyl sites for hydroxylation is 1. The molecule has 1 aromatic heterocycles. The minimum Gasteiger partial charge on any atom is -0.384 e. The third-order valence-corrected chi connectivity index (χ3v) is 2.20. The predicted octanol–water partition coefficient (Wildman–Crippen LogP) is 0.519. The monoisotopic (exact) mass is 167 g/mol. The fourth-order valence-electron chi connectivity index (χ4n) is 1.47. The van der Waals surface area contributed by atoms with Crippen molar-refractivity contribution in [3.8, 4) is 0 Å². The van der Waals surface area contributed by atoms with Crippen molar-refractivity contribution < 1.29 is 4.74 Å². The number of aromatic nitrogens is 2. The van der Waals surface area contributed by atoms with Crippen molar-refractivity contribution >= 4 is 5.82 Å². The molecule has 0 saturated carbocycles. The highest BCUT2D eigenvalue weighted by Crippen LogP contribution is 2.27. The Morgan fingerprint density at radius 1 is 1.67 bits per heavy atom. The molecule has 0 aromatic carbocycles. The first-order valence-electron chi connectivity index (χ1n) is 4.02. The topological polar surface area (TPSA) is 53.1 Å². The van der Waals surface area contributed by atoms with Crippen LogP contribution in [0.3, 0.4) is 0 Å². The number of anilines is 1. The summed E-state index contributed by atoms with van der Waals surface area (Å²) < 4.78 is 6.99. The van der Waals surface area contributed by atoms with Gasteiger partial charge in [-0.25, -0.2) is 4.68 Å². The second-order valence-corrected chi connectivity index (χ2v) is 3.61. The lowest BCUT2D eigenvalue weighted by atomic mass is 10.0. The first-order chi connectivity index (χ1) is 5.62. The van der Waals surface area contributed by atoms with E-state index in [2.05, 4.69) is 12.0 Å². The molecule has 4 nitrogen and oxygen atoms in total. The van der Waals surface area contributed by atoms with Crippen molar-refractivity contribution in [2.75, 3.05) is 18.9 Å². The van der Waals surface area contributed by atoms with E-state index in [0.717, 1.165) is 11.5 Å². The molecule has 1 saturated heterocycles. The smallest absolute Gasteiger partial charge is 0.122 e. The summed E-state index contributed by atoms with van der Waals surface area (Å²) in [5.41, 5.74) is 6.73. The lowest BCUT2D eigenvalue weighted by Gasteiger charge is -2.38. The Hall–Kier alpha value is -1.03. The summed E-state index contributed by atoms with van der Waals surface area (Å²) in [5.74, 6) is 0.721. The molecule has 0 atom stereocenters. The summed E-state index contributed by atoms with van der Waals surface area (Å²) in [4.78, 5) is 0. The summed E-state index contributed by atoms with van der Waals surface area (Å²) >= 11 is 0. The molecule has 0 aliphatic carbocycles. The maximum absolute atomic E-state index is 5.78. The Morgan fingerprint density at radius 2 is 2.33 bits per heavy atom. The molecular weight excluding hydrogens is 154 g/mol. The van der Waals surface area contributed by atoms with Crippen molar-refractivity contribution in [1.29, 1.82) is 0 Å². The summed E-state index contributed by atoms with van der Waals surface area (Å²) in [6.07, 6.45) is 0. The highest BCUT2D eigenvalue weighted by atomic mass is 16.5.